The van der Waals surface area contributed by atoms with E-state index in [4.69, 9.17) is 14.8 Å². The zero-order chi connectivity index (χ0) is 42.5. The number of benzene rings is 2. The highest BCUT2D eigenvalue weighted by Crippen LogP contribution is 2.39. The van der Waals surface area contributed by atoms with E-state index < -0.39 is 32.7 Å². The molecule has 5 aliphatic heterocycles. The van der Waals surface area contributed by atoms with Crippen LogP contribution in [0.5, 0.6) is 0 Å². The molecule has 0 unspecified atom stereocenters. The molecule has 60 heavy (non-hydrogen) atoms. The summed E-state index contributed by atoms with van der Waals surface area (Å²) in [4.78, 5) is 57.6. The van der Waals surface area contributed by atoms with Crippen molar-refractivity contribution < 1.29 is 50.8 Å². The van der Waals surface area contributed by atoms with Gasteiger partial charge in [-0.2, -0.15) is 13.2 Å². The number of aromatic nitrogens is 1. The van der Waals surface area contributed by atoms with Gasteiger partial charge in [-0.1, -0.05) is 46.7 Å². The SMILES string of the molecule is O=C(C1=NOC2(CCN(S(=O)(=O)Cc3ccccc3)CC2)C1)N1CCN(c2ccccn2)CC1.O=C(O)C1=NOC2(CCN(C(=O)c3ccc(SC(F)(F)F)cc3)CC2)C1. The number of pyridine rings is 1. The molecule has 0 aliphatic carbocycles. The predicted octanol–water partition coefficient (Wildman–Crippen LogP) is 5.01. The van der Waals surface area contributed by atoms with Gasteiger partial charge in [-0.05, 0) is 53.7 Å². The Labute approximate surface area is 349 Å². The summed E-state index contributed by atoms with van der Waals surface area (Å²) < 4.78 is 64.3. The summed E-state index contributed by atoms with van der Waals surface area (Å²) >= 11 is -0.230. The van der Waals surface area contributed by atoms with Crippen LogP contribution in [0, 0.1) is 0 Å². The molecule has 3 aromatic rings. The Kier molecular flexibility index (Phi) is 12.7. The maximum Gasteiger partial charge on any atom is 0.446 e. The van der Waals surface area contributed by atoms with Crippen molar-refractivity contribution in [3.63, 3.8) is 0 Å². The summed E-state index contributed by atoms with van der Waals surface area (Å²) in [6.45, 7) is 4.11. The number of oxime groups is 2. The second-order valence-corrected chi connectivity index (χ2v) is 18.4. The number of hydrogen-bond acceptors (Lipinski definition) is 12. The summed E-state index contributed by atoms with van der Waals surface area (Å²) in [6.07, 6.45) is 4.34. The number of piperazine rings is 1. The van der Waals surface area contributed by atoms with Crippen LogP contribution in [0.25, 0.3) is 0 Å². The molecule has 3 saturated heterocycles. The van der Waals surface area contributed by atoms with Crippen LogP contribution < -0.4 is 4.90 Å². The highest BCUT2D eigenvalue weighted by Gasteiger charge is 2.47. The van der Waals surface area contributed by atoms with E-state index in [1.807, 2.05) is 53.4 Å². The molecule has 0 saturated carbocycles. The van der Waals surface area contributed by atoms with Gasteiger partial charge in [0, 0.05) is 108 Å². The molecule has 20 heteroatoms. The van der Waals surface area contributed by atoms with Gasteiger partial charge < -0.3 is 29.5 Å². The third-order valence-electron chi connectivity index (χ3n) is 11.2. The third-order valence-corrected chi connectivity index (χ3v) is 13.8. The molecule has 0 radical (unpaired) electrons. The van der Waals surface area contributed by atoms with Gasteiger partial charge in [0.05, 0.1) is 5.75 Å². The zero-order valence-electron chi connectivity index (χ0n) is 32.5. The predicted molar refractivity (Wildman–Crippen MR) is 216 cm³/mol. The smallest absolute Gasteiger partial charge is 0.446 e. The summed E-state index contributed by atoms with van der Waals surface area (Å²) in [5.41, 5.74) is -4.14. The van der Waals surface area contributed by atoms with E-state index in [1.165, 1.54) is 28.6 Å². The van der Waals surface area contributed by atoms with Crippen molar-refractivity contribution in [1.82, 2.24) is 19.1 Å². The van der Waals surface area contributed by atoms with Crippen LogP contribution in [0.2, 0.25) is 0 Å². The number of rotatable bonds is 8. The second-order valence-electron chi connectivity index (χ2n) is 15.3. The number of carbonyl (C=O) groups is 3. The van der Waals surface area contributed by atoms with Gasteiger partial charge in [-0.3, -0.25) is 9.59 Å². The summed E-state index contributed by atoms with van der Waals surface area (Å²) in [6, 6.07) is 20.3. The number of carboxylic acid groups (broad SMARTS) is 1. The van der Waals surface area contributed by atoms with Gasteiger partial charge in [-0.15, -0.1) is 0 Å². The third kappa shape index (κ3) is 10.4. The molecule has 15 nitrogen and oxygen atoms in total. The van der Waals surface area contributed by atoms with Crippen LogP contribution in [0.1, 0.15) is 54.4 Å². The first-order valence-corrected chi connectivity index (χ1v) is 21.9. The van der Waals surface area contributed by atoms with E-state index in [0.717, 1.165) is 24.5 Å². The number of halogens is 3. The van der Waals surface area contributed by atoms with E-state index in [0.29, 0.717) is 82.6 Å². The molecule has 2 spiro atoms. The number of thioether (sulfide) groups is 1. The largest absolute Gasteiger partial charge is 0.477 e. The number of carbonyl (C=O) groups excluding carboxylic acids is 2. The van der Waals surface area contributed by atoms with Gasteiger partial charge in [0.1, 0.15) is 22.7 Å². The lowest BCUT2D eigenvalue weighted by Gasteiger charge is -2.37. The number of nitrogens with zero attached hydrogens (tertiary/aromatic N) is 7. The Balaban J connectivity index is 0.000000189. The average molecular weight is 872 g/mol. The fourth-order valence-corrected chi connectivity index (χ4v) is 9.89. The fourth-order valence-electron chi connectivity index (χ4n) is 7.82. The van der Waals surface area contributed by atoms with Crippen molar-refractivity contribution in [2.45, 2.75) is 65.9 Å². The van der Waals surface area contributed by atoms with Gasteiger partial charge >= 0.3 is 11.5 Å². The molecule has 3 fully saturated rings. The molecule has 1 aromatic heterocycles. The molecule has 6 heterocycles. The summed E-state index contributed by atoms with van der Waals surface area (Å²) in [5.74, 6) is -0.564. The molecule has 5 aliphatic rings. The minimum absolute atomic E-state index is 0.00753. The van der Waals surface area contributed by atoms with Crippen molar-refractivity contribution in [2.75, 3.05) is 57.3 Å². The first-order chi connectivity index (χ1) is 28.6. The summed E-state index contributed by atoms with van der Waals surface area (Å²) in [5, 5.41) is 16.7. The van der Waals surface area contributed by atoms with Crippen LogP contribution >= 0.6 is 11.8 Å². The van der Waals surface area contributed by atoms with Gasteiger partial charge in [-0.25, -0.2) is 22.5 Å². The first-order valence-electron chi connectivity index (χ1n) is 19.5. The van der Waals surface area contributed by atoms with Crippen LogP contribution in [0.15, 0.2) is 94.2 Å². The van der Waals surface area contributed by atoms with E-state index in [9.17, 15) is 36.0 Å². The van der Waals surface area contributed by atoms with E-state index in [1.54, 1.807) is 11.1 Å². The molecule has 8 rings (SSSR count). The number of aliphatic carboxylic acids is 1. The Hall–Kier alpha value is -5.21. The van der Waals surface area contributed by atoms with Crippen LogP contribution in [0.3, 0.4) is 0 Å². The number of likely N-dealkylation sites (tertiary alicyclic amines) is 1. The molecule has 2 amide bonds. The minimum atomic E-state index is -4.37. The number of amides is 2. The van der Waals surface area contributed by atoms with Crippen molar-refractivity contribution in [2.24, 2.45) is 10.3 Å². The maximum atomic E-state index is 13.1. The maximum absolute atomic E-state index is 13.1. The lowest BCUT2D eigenvalue weighted by Crippen LogP contribution is -2.51. The lowest BCUT2D eigenvalue weighted by atomic mass is 9.86. The monoisotopic (exact) mass is 871 g/mol. The normalized spacial score (nSPS) is 20.1. The number of carboxylic acids is 1. The lowest BCUT2D eigenvalue weighted by molar-refractivity contribution is -0.129. The number of piperidine rings is 2. The van der Waals surface area contributed by atoms with E-state index >= 15 is 0 Å². The number of alkyl halides is 3. The van der Waals surface area contributed by atoms with Crippen molar-refractivity contribution >= 4 is 56.8 Å². The Morgan fingerprint density at radius 3 is 1.85 bits per heavy atom. The van der Waals surface area contributed by atoms with E-state index in [-0.39, 0.29) is 46.4 Å². The number of sulfonamides is 1. The molecule has 0 bridgehead atoms. The standard InChI is InChI=1S/C24H29N5O4S.C16H15F3N2O4S/c30-23(28-16-14-27(15-17-28)22-8-4-5-11-25-22)21-18-24(33-26-21)9-12-29(13-10-24)34(31,32)19-20-6-2-1-3-7-20;17-16(18,19)26-11-3-1-10(2-4-11)13(22)21-7-5-15(6-8-21)9-12(14(23)24)20-25-15/h1-8,11H,9-10,12-19H2;1-4H,5-9H2,(H,23,24). The molecule has 0 atom stereocenters. The molecular formula is C40H44F3N7O8S2. The van der Waals surface area contributed by atoms with Gasteiger partial charge in [0.15, 0.2) is 5.71 Å². The fraction of sp³-hybridized carbons (Fsp3) is 0.450. The molecule has 320 valence electrons. The minimum Gasteiger partial charge on any atom is -0.477 e. The number of hydrogen-bond donors (Lipinski definition) is 1. The Morgan fingerprint density at radius 1 is 0.717 bits per heavy atom. The van der Waals surface area contributed by atoms with Crippen LogP contribution in [0.4, 0.5) is 19.0 Å². The van der Waals surface area contributed by atoms with Gasteiger partial charge in [0.2, 0.25) is 10.0 Å². The highest BCUT2D eigenvalue weighted by molar-refractivity contribution is 8.00. The molecule has 1 N–H and O–H groups in total. The van der Waals surface area contributed by atoms with Gasteiger partial charge in [0.25, 0.3) is 11.8 Å². The van der Waals surface area contributed by atoms with E-state index in [2.05, 4.69) is 20.2 Å². The highest BCUT2D eigenvalue weighted by atomic mass is 32.2. The van der Waals surface area contributed by atoms with Crippen LogP contribution in [-0.2, 0) is 35.0 Å². The van der Waals surface area contributed by atoms with Crippen LogP contribution in [-0.4, -0.2) is 131 Å². The first kappa shape index (κ1) is 42.9. The average Bonchev–Trinajstić information content (AvgIpc) is 3.86. The second kappa shape index (κ2) is 17.8. The summed E-state index contributed by atoms with van der Waals surface area (Å²) in [7, 11) is -3.40. The zero-order valence-corrected chi connectivity index (χ0v) is 34.1. The molecular weight excluding hydrogens is 828 g/mol. The quantitative estimate of drug-likeness (QED) is 0.302. The number of anilines is 1. The van der Waals surface area contributed by atoms with Crippen molar-refractivity contribution in [3.8, 4) is 0 Å². The Bertz CT molecular complexity index is 2190. The van der Waals surface area contributed by atoms with Crippen molar-refractivity contribution in [3.05, 3.63) is 90.1 Å². The topological polar surface area (TPSA) is 175 Å². The van der Waals surface area contributed by atoms with Crippen molar-refractivity contribution in [1.29, 1.82) is 0 Å². The Morgan fingerprint density at radius 2 is 1.28 bits per heavy atom. The molecule has 2 aromatic carbocycles.